The maximum Gasteiger partial charge on any atom is 0.436 e. The summed E-state index contributed by atoms with van der Waals surface area (Å²) in [6.07, 6.45) is -4.86. The quantitative estimate of drug-likeness (QED) is 0.353. The van der Waals surface area contributed by atoms with E-state index in [4.69, 9.17) is 11.6 Å². The number of nitrogens with zero attached hydrogens (tertiary/aromatic N) is 2. The molecule has 0 amide bonds. The summed E-state index contributed by atoms with van der Waals surface area (Å²) in [6, 6.07) is 0. The monoisotopic (exact) mass is 260 g/mol. The van der Waals surface area contributed by atoms with Gasteiger partial charge in [0.15, 0.2) is 21.8 Å². The van der Waals surface area contributed by atoms with E-state index in [2.05, 4.69) is 9.97 Å². The average Bonchev–Trinajstić information content (AvgIpc) is 2.09. The van der Waals surface area contributed by atoms with Gasteiger partial charge in [-0.2, -0.15) is 13.2 Å². The predicted octanol–water partition coefficient (Wildman–Crippen LogP) is 3.40. The lowest BCUT2D eigenvalue weighted by Crippen LogP contribution is -2.13. The minimum atomic E-state index is -4.86. The van der Waals surface area contributed by atoms with E-state index in [1.807, 2.05) is 0 Å². The molecule has 84 valence electrons. The van der Waals surface area contributed by atoms with Crippen LogP contribution in [0.3, 0.4) is 0 Å². The van der Waals surface area contributed by atoms with E-state index in [0.717, 1.165) is 11.8 Å². The molecule has 15 heavy (non-hydrogen) atoms. The van der Waals surface area contributed by atoms with Gasteiger partial charge in [-0.25, -0.2) is 14.4 Å². The van der Waals surface area contributed by atoms with Crippen molar-refractivity contribution in [1.82, 2.24) is 9.97 Å². The molecule has 0 aliphatic heterocycles. The molecule has 0 aromatic carbocycles. The van der Waals surface area contributed by atoms with Crippen molar-refractivity contribution in [3.8, 4) is 0 Å². The second-order valence-corrected chi connectivity index (χ2v) is 3.98. The molecular formula is C7H5ClF4N2S. The molecule has 0 saturated carbocycles. The van der Waals surface area contributed by atoms with Crippen molar-refractivity contribution in [1.29, 1.82) is 0 Å². The van der Waals surface area contributed by atoms with Crippen LogP contribution in [0.2, 0.25) is 5.15 Å². The van der Waals surface area contributed by atoms with Crippen LogP contribution in [0.1, 0.15) is 12.6 Å². The van der Waals surface area contributed by atoms with Crippen molar-refractivity contribution in [3.05, 3.63) is 16.7 Å². The fraction of sp³-hybridized carbons (Fsp3) is 0.429. The highest BCUT2D eigenvalue weighted by molar-refractivity contribution is 7.99. The Morgan fingerprint density at radius 1 is 1.33 bits per heavy atom. The number of hydrogen-bond acceptors (Lipinski definition) is 3. The molecule has 8 heteroatoms. The summed E-state index contributed by atoms with van der Waals surface area (Å²) in [4.78, 5) is 6.44. The predicted molar refractivity (Wildman–Crippen MR) is 48.4 cm³/mol. The van der Waals surface area contributed by atoms with Gasteiger partial charge in [0, 0.05) is 0 Å². The van der Waals surface area contributed by atoms with Gasteiger partial charge in [-0.15, -0.1) is 0 Å². The highest BCUT2D eigenvalue weighted by atomic mass is 35.5. The second kappa shape index (κ2) is 4.52. The van der Waals surface area contributed by atoms with Crippen LogP contribution in [0, 0.1) is 5.82 Å². The first-order valence-corrected chi connectivity index (χ1v) is 5.15. The first-order valence-electron chi connectivity index (χ1n) is 3.79. The molecule has 0 unspecified atom stereocenters. The molecule has 1 aromatic rings. The Morgan fingerprint density at radius 2 is 1.93 bits per heavy atom. The molecule has 0 atom stereocenters. The summed E-state index contributed by atoms with van der Waals surface area (Å²) < 4.78 is 49.7. The molecule has 0 aliphatic carbocycles. The Hall–Kier alpha value is -0.560. The topological polar surface area (TPSA) is 25.8 Å². The van der Waals surface area contributed by atoms with Crippen LogP contribution < -0.4 is 0 Å². The van der Waals surface area contributed by atoms with Gasteiger partial charge in [0.1, 0.15) is 0 Å². The molecule has 1 heterocycles. The van der Waals surface area contributed by atoms with E-state index in [1.54, 1.807) is 6.92 Å². The fourth-order valence-electron chi connectivity index (χ4n) is 0.782. The van der Waals surface area contributed by atoms with Gasteiger partial charge in [-0.1, -0.05) is 30.3 Å². The Morgan fingerprint density at radius 3 is 2.40 bits per heavy atom. The summed E-state index contributed by atoms with van der Waals surface area (Å²) in [5.74, 6) is -1.16. The van der Waals surface area contributed by atoms with Crippen LogP contribution in [0.5, 0.6) is 0 Å². The minimum absolute atomic E-state index is 0.184. The van der Waals surface area contributed by atoms with E-state index >= 15 is 0 Å². The first kappa shape index (κ1) is 12.5. The molecular weight excluding hydrogens is 256 g/mol. The van der Waals surface area contributed by atoms with Crippen LogP contribution in [0.4, 0.5) is 17.6 Å². The molecule has 0 bridgehead atoms. The third kappa shape index (κ3) is 2.94. The Balaban J connectivity index is 3.25. The first-order chi connectivity index (χ1) is 6.86. The largest absolute Gasteiger partial charge is 0.436 e. The SMILES string of the molecule is CCSc1nc(Cl)c(F)c(C(F)(F)F)n1. The number of alkyl halides is 3. The number of hydrogen-bond donors (Lipinski definition) is 0. The van der Waals surface area contributed by atoms with Crippen LogP contribution >= 0.6 is 23.4 Å². The Bertz CT molecular complexity index is 369. The Labute approximate surface area is 92.1 Å². The third-order valence-electron chi connectivity index (χ3n) is 1.33. The zero-order valence-corrected chi connectivity index (χ0v) is 8.97. The van der Waals surface area contributed by atoms with Crippen molar-refractivity contribution >= 4 is 23.4 Å². The van der Waals surface area contributed by atoms with Crippen LogP contribution in [0.25, 0.3) is 0 Å². The van der Waals surface area contributed by atoms with Gasteiger partial charge < -0.3 is 0 Å². The fourth-order valence-corrected chi connectivity index (χ4v) is 1.57. The molecule has 2 nitrogen and oxygen atoms in total. The normalized spacial score (nSPS) is 11.9. The molecule has 0 aliphatic rings. The molecule has 0 radical (unpaired) electrons. The molecule has 0 saturated heterocycles. The summed E-state index contributed by atoms with van der Waals surface area (Å²) >= 11 is 6.18. The van der Waals surface area contributed by atoms with Crippen molar-refractivity contribution in [3.63, 3.8) is 0 Å². The molecule has 0 fully saturated rings. The van der Waals surface area contributed by atoms with Gasteiger partial charge in [0.05, 0.1) is 0 Å². The molecule has 0 N–H and O–H groups in total. The van der Waals surface area contributed by atoms with Gasteiger partial charge in [0.25, 0.3) is 0 Å². The minimum Gasteiger partial charge on any atom is -0.215 e. The Kier molecular flexibility index (Phi) is 3.77. The van der Waals surface area contributed by atoms with Gasteiger partial charge in [-0.05, 0) is 5.75 Å². The zero-order valence-electron chi connectivity index (χ0n) is 7.40. The highest BCUT2D eigenvalue weighted by Gasteiger charge is 2.38. The number of halogens is 5. The lowest BCUT2D eigenvalue weighted by molar-refractivity contribution is -0.144. The third-order valence-corrected chi connectivity index (χ3v) is 2.31. The number of aromatic nitrogens is 2. The smallest absolute Gasteiger partial charge is 0.215 e. The van der Waals surface area contributed by atoms with E-state index in [0.29, 0.717) is 5.75 Å². The van der Waals surface area contributed by atoms with E-state index in [9.17, 15) is 17.6 Å². The van der Waals surface area contributed by atoms with E-state index < -0.39 is 22.8 Å². The van der Waals surface area contributed by atoms with Crippen molar-refractivity contribution in [2.75, 3.05) is 5.75 Å². The van der Waals surface area contributed by atoms with Gasteiger partial charge in [0.2, 0.25) is 0 Å². The van der Waals surface area contributed by atoms with E-state index in [1.165, 1.54) is 0 Å². The maximum atomic E-state index is 12.9. The summed E-state index contributed by atoms with van der Waals surface area (Å²) in [6.45, 7) is 1.71. The van der Waals surface area contributed by atoms with Gasteiger partial charge in [-0.3, -0.25) is 0 Å². The molecule has 1 rings (SSSR count). The zero-order chi connectivity index (χ0) is 11.6. The summed E-state index contributed by atoms with van der Waals surface area (Å²) in [7, 11) is 0. The van der Waals surface area contributed by atoms with Gasteiger partial charge >= 0.3 is 6.18 Å². The lowest BCUT2D eigenvalue weighted by Gasteiger charge is -2.08. The number of thioether (sulfide) groups is 1. The summed E-state index contributed by atoms with van der Waals surface area (Å²) in [5, 5.41) is -0.996. The standard InChI is InChI=1S/C7H5ClF4N2S/c1-2-15-6-13-4(7(10,11)12)3(9)5(8)14-6/h2H2,1H3. The highest BCUT2D eigenvalue weighted by Crippen LogP contribution is 2.33. The van der Waals surface area contributed by atoms with Crippen molar-refractivity contribution in [2.24, 2.45) is 0 Å². The van der Waals surface area contributed by atoms with E-state index in [-0.39, 0.29) is 5.16 Å². The number of rotatable bonds is 2. The average molecular weight is 261 g/mol. The second-order valence-electron chi connectivity index (χ2n) is 2.39. The maximum absolute atomic E-state index is 12.9. The van der Waals surface area contributed by atoms with Crippen molar-refractivity contribution in [2.45, 2.75) is 18.3 Å². The van der Waals surface area contributed by atoms with Crippen molar-refractivity contribution < 1.29 is 17.6 Å². The summed E-state index contributed by atoms with van der Waals surface area (Å²) in [5.41, 5.74) is -1.63. The lowest BCUT2D eigenvalue weighted by atomic mass is 10.4. The van der Waals surface area contributed by atoms with Crippen LogP contribution in [0.15, 0.2) is 5.16 Å². The van der Waals surface area contributed by atoms with Crippen LogP contribution in [-0.4, -0.2) is 15.7 Å². The molecule has 0 spiro atoms. The van der Waals surface area contributed by atoms with Crippen LogP contribution in [-0.2, 0) is 6.18 Å². The molecule has 1 aromatic heterocycles.